The maximum Gasteiger partial charge on any atom is 0.306 e. The minimum atomic E-state index is -0.771. The molecule has 1 unspecified atom stereocenters. The molecule has 0 amide bonds. The van der Waals surface area contributed by atoms with Crippen molar-refractivity contribution in [3.63, 3.8) is 0 Å². The highest BCUT2D eigenvalue weighted by molar-refractivity contribution is 5.71. The van der Waals surface area contributed by atoms with Gasteiger partial charge in [-0.3, -0.25) is 14.4 Å². The first kappa shape index (κ1) is 66.4. The molecular weight excluding hydrogens is 853 g/mol. The highest BCUT2D eigenvalue weighted by atomic mass is 16.6. The Hall–Kier alpha value is -2.63. The van der Waals surface area contributed by atoms with Gasteiger partial charge in [-0.2, -0.15) is 0 Å². The predicted molar refractivity (Wildman–Crippen MR) is 298 cm³/mol. The Bertz CT molecular complexity index is 1200. The second-order valence-corrected chi connectivity index (χ2v) is 20.3. The van der Waals surface area contributed by atoms with Crippen LogP contribution in [-0.2, 0) is 28.6 Å². The number of esters is 3. The van der Waals surface area contributed by atoms with Crippen LogP contribution in [0.3, 0.4) is 0 Å². The van der Waals surface area contributed by atoms with Crippen molar-refractivity contribution in [3.05, 3.63) is 48.6 Å². The van der Waals surface area contributed by atoms with Crippen LogP contribution in [0.25, 0.3) is 0 Å². The van der Waals surface area contributed by atoms with Gasteiger partial charge in [0, 0.05) is 19.3 Å². The number of carbonyl (C=O) groups is 3. The summed E-state index contributed by atoms with van der Waals surface area (Å²) in [6.07, 6.45) is 71.5. The summed E-state index contributed by atoms with van der Waals surface area (Å²) < 4.78 is 16.7. The summed E-state index contributed by atoms with van der Waals surface area (Å²) in [5.74, 6) is -0.881. The topological polar surface area (TPSA) is 78.9 Å². The normalized spacial score (nSPS) is 12.3. The van der Waals surface area contributed by atoms with Crippen LogP contribution in [0.1, 0.15) is 316 Å². The first-order chi connectivity index (χ1) is 34.0. The second-order valence-electron chi connectivity index (χ2n) is 20.3. The number of carbonyl (C=O) groups excluding carboxylic acids is 3. The molecule has 0 N–H and O–H groups in total. The lowest BCUT2D eigenvalue weighted by atomic mass is 10.0. The molecule has 0 aliphatic heterocycles. The van der Waals surface area contributed by atoms with E-state index in [-0.39, 0.29) is 31.1 Å². The SMILES string of the molecule is CCCCCCC/C=C\C/C=C\C/C=C\CCCCCCCCCCCCC(=O)OCC(COC(=O)CCCCCCC)OC(=O)CCCCCCCCCCC/C=C\CCCCCCCCCC. The molecule has 0 bridgehead atoms. The highest BCUT2D eigenvalue weighted by Crippen LogP contribution is 2.16. The van der Waals surface area contributed by atoms with Crippen LogP contribution in [-0.4, -0.2) is 37.2 Å². The molecule has 69 heavy (non-hydrogen) atoms. The lowest BCUT2D eigenvalue weighted by Crippen LogP contribution is -2.30. The van der Waals surface area contributed by atoms with Crippen LogP contribution >= 0.6 is 0 Å². The smallest absolute Gasteiger partial charge is 0.306 e. The lowest BCUT2D eigenvalue weighted by molar-refractivity contribution is -0.167. The van der Waals surface area contributed by atoms with Gasteiger partial charge >= 0.3 is 17.9 Å². The summed E-state index contributed by atoms with van der Waals surface area (Å²) in [7, 11) is 0. The average molecular weight is 968 g/mol. The minimum absolute atomic E-state index is 0.0743. The molecule has 0 saturated heterocycles. The van der Waals surface area contributed by atoms with Gasteiger partial charge in [-0.25, -0.2) is 0 Å². The molecule has 0 aliphatic rings. The molecule has 0 heterocycles. The van der Waals surface area contributed by atoms with Gasteiger partial charge in [0.2, 0.25) is 0 Å². The van der Waals surface area contributed by atoms with Gasteiger partial charge < -0.3 is 14.2 Å². The Morgan fingerprint density at radius 2 is 0.522 bits per heavy atom. The maximum absolute atomic E-state index is 12.8. The van der Waals surface area contributed by atoms with E-state index in [4.69, 9.17) is 14.2 Å². The number of ether oxygens (including phenoxy) is 3. The van der Waals surface area contributed by atoms with Crippen molar-refractivity contribution in [3.8, 4) is 0 Å². The molecule has 0 spiro atoms. The Kier molecular flexibility index (Phi) is 55.7. The summed E-state index contributed by atoms with van der Waals surface area (Å²) in [5.41, 5.74) is 0. The molecule has 0 rings (SSSR count). The molecule has 0 radical (unpaired) electrons. The van der Waals surface area contributed by atoms with E-state index in [9.17, 15) is 14.4 Å². The summed E-state index contributed by atoms with van der Waals surface area (Å²) in [6, 6.07) is 0. The summed E-state index contributed by atoms with van der Waals surface area (Å²) >= 11 is 0. The fourth-order valence-corrected chi connectivity index (χ4v) is 8.74. The number of rotatable bonds is 55. The molecule has 0 aromatic heterocycles. The van der Waals surface area contributed by atoms with Crippen LogP contribution in [0, 0.1) is 0 Å². The molecule has 402 valence electrons. The van der Waals surface area contributed by atoms with Gasteiger partial charge in [0.1, 0.15) is 13.2 Å². The second kappa shape index (κ2) is 57.9. The predicted octanol–water partition coefficient (Wildman–Crippen LogP) is 20.2. The van der Waals surface area contributed by atoms with E-state index in [0.717, 1.165) is 77.0 Å². The Morgan fingerprint density at radius 1 is 0.290 bits per heavy atom. The molecule has 0 aromatic carbocycles. The van der Waals surface area contributed by atoms with Crippen LogP contribution in [0.5, 0.6) is 0 Å². The van der Waals surface area contributed by atoms with Gasteiger partial charge in [-0.05, 0) is 83.5 Å². The van der Waals surface area contributed by atoms with Gasteiger partial charge in [-0.1, -0.05) is 262 Å². The number of unbranched alkanes of at least 4 members (excludes halogenated alkanes) is 36. The fourth-order valence-electron chi connectivity index (χ4n) is 8.74. The summed E-state index contributed by atoms with van der Waals surface area (Å²) in [6.45, 7) is 6.57. The molecule has 0 aliphatic carbocycles. The van der Waals surface area contributed by atoms with E-state index < -0.39 is 6.10 Å². The Labute approximate surface area is 428 Å². The van der Waals surface area contributed by atoms with Crippen molar-refractivity contribution in [2.45, 2.75) is 322 Å². The van der Waals surface area contributed by atoms with E-state index in [1.807, 2.05) is 0 Å². The third-order valence-electron chi connectivity index (χ3n) is 13.3. The third-order valence-corrected chi connectivity index (χ3v) is 13.3. The maximum atomic E-state index is 12.8. The van der Waals surface area contributed by atoms with Crippen LogP contribution in [0.4, 0.5) is 0 Å². The van der Waals surface area contributed by atoms with E-state index in [1.165, 1.54) is 199 Å². The number of hydrogen-bond acceptors (Lipinski definition) is 6. The lowest BCUT2D eigenvalue weighted by Gasteiger charge is -2.18. The zero-order valence-corrected chi connectivity index (χ0v) is 46.1. The molecular formula is C63H114O6. The first-order valence-electron chi connectivity index (χ1n) is 30.1. The Morgan fingerprint density at radius 3 is 0.826 bits per heavy atom. The van der Waals surface area contributed by atoms with Crippen molar-refractivity contribution in [2.75, 3.05) is 13.2 Å². The van der Waals surface area contributed by atoms with Crippen LogP contribution in [0.15, 0.2) is 48.6 Å². The van der Waals surface area contributed by atoms with E-state index >= 15 is 0 Å². The standard InChI is InChI=1S/C63H114O6/c1-4-7-10-13-15-17-19-21-23-25-27-29-30-31-32-34-35-37-39-41-43-45-47-50-53-56-62(65)68-59-60(58-67-61(64)55-52-49-12-9-6-3)69-63(66)57-54-51-48-46-44-42-40-38-36-33-28-26-24-22-20-18-16-14-11-8-5-2/h19,21,25-28,30-31,60H,4-18,20,22-24,29,32-59H2,1-3H3/b21-19-,27-25-,28-26-,31-30-. The van der Waals surface area contributed by atoms with Crippen LogP contribution < -0.4 is 0 Å². The molecule has 1 atom stereocenters. The molecule has 0 saturated carbocycles. The van der Waals surface area contributed by atoms with Gasteiger partial charge in [0.05, 0.1) is 0 Å². The van der Waals surface area contributed by atoms with Crippen LogP contribution in [0.2, 0.25) is 0 Å². The van der Waals surface area contributed by atoms with E-state index in [2.05, 4.69) is 69.4 Å². The zero-order chi connectivity index (χ0) is 50.0. The third kappa shape index (κ3) is 56.2. The van der Waals surface area contributed by atoms with Crippen molar-refractivity contribution in [1.82, 2.24) is 0 Å². The highest BCUT2D eigenvalue weighted by Gasteiger charge is 2.19. The monoisotopic (exact) mass is 967 g/mol. The molecule has 6 heteroatoms. The first-order valence-corrected chi connectivity index (χ1v) is 30.1. The van der Waals surface area contributed by atoms with Gasteiger partial charge in [0.15, 0.2) is 6.10 Å². The largest absolute Gasteiger partial charge is 0.462 e. The molecule has 6 nitrogen and oxygen atoms in total. The van der Waals surface area contributed by atoms with E-state index in [1.54, 1.807) is 0 Å². The minimum Gasteiger partial charge on any atom is -0.462 e. The van der Waals surface area contributed by atoms with Crippen molar-refractivity contribution >= 4 is 17.9 Å². The van der Waals surface area contributed by atoms with Crippen molar-refractivity contribution in [2.24, 2.45) is 0 Å². The zero-order valence-electron chi connectivity index (χ0n) is 46.1. The quantitative estimate of drug-likeness (QED) is 0.0262. The van der Waals surface area contributed by atoms with Gasteiger partial charge in [-0.15, -0.1) is 0 Å². The summed E-state index contributed by atoms with van der Waals surface area (Å²) in [5, 5.41) is 0. The average Bonchev–Trinajstić information content (AvgIpc) is 3.35. The summed E-state index contributed by atoms with van der Waals surface area (Å²) in [4.78, 5) is 37.8. The van der Waals surface area contributed by atoms with E-state index in [0.29, 0.717) is 19.3 Å². The number of allylic oxidation sites excluding steroid dienone is 8. The Balaban J connectivity index is 4.06. The fraction of sp³-hybridized carbons (Fsp3) is 0.825. The number of hydrogen-bond donors (Lipinski definition) is 0. The van der Waals surface area contributed by atoms with Gasteiger partial charge in [0.25, 0.3) is 0 Å². The molecule has 0 aromatic rings. The molecule has 0 fully saturated rings. The van der Waals surface area contributed by atoms with Crippen molar-refractivity contribution in [1.29, 1.82) is 0 Å². The van der Waals surface area contributed by atoms with Crippen molar-refractivity contribution < 1.29 is 28.6 Å².